The standard InChI is InChI=1S/C25H37N7O2S/c1-6-26-18-7-9-19(10-8-18)28-23-15-24(32-25(30-23)22(16-27-32)17(2)3)29-20-11-13-21(14-12-20)35(33,34)31(4)5/h11-19,26,29H,6-10H2,1-5H3,(H,28,30). The summed E-state index contributed by atoms with van der Waals surface area (Å²) in [7, 11) is -0.418. The third-order valence-electron chi connectivity index (χ3n) is 6.60. The number of fused-ring (bicyclic) bond motifs is 1. The Bertz CT molecular complexity index is 1240. The van der Waals surface area contributed by atoms with Crippen molar-refractivity contribution in [2.45, 2.75) is 69.4 Å². The second-order valence-electron chi connectivity index (χ2n) is 9.70. The quantitative estimate of drug-likeness (QED) is 0.406. The Morgan fingerprint density at radius 3 is 2.34 bits per heavy atom. The van der Waals surface area contributed by atoms with E-state index >= 15 is 0 Å². The molecule has 9 nitrogen and oxygen atoms in total. The van der Waals surface area contributed by atoms with Crippen LogP contribution in [-0.2, 0) is 10.0 Å². The molecule has 0 saturated heterocycles. The number of sulfonamides is 1. The largest absolute Gasteiger partial charge is 0.367 e. The number of anilines is 3. The lowest BCUT2D eigenvalue weighted by atomic mass is 9.91. The highest BCUT2D eigenvalue weighted by molar-refractivity contribution is 7.89. The summed E-state index contributed by atoms with van der Waals surface area (Å²) in [5.41, 5.74) is 2.68. The van der Waals surface area contributed by atoms with Gasteiger partial charge in [-0.05, 0) is 62.4 Å². The van der Waals surface area contributed by atoms with Crippen molar-refractivity contribution < 1.29 is 8.42 Å². The summed E-state index contributed by atoms with van der Waals surface area (Å²) in [5, 5.41) is 15.2. The number of hydrogen-bond donors (Lipinski definition) is 3. The molecule has 0 bridgehead atoms. The minimum absolute atomic E-state index is 0.254. The summed E-state index contributed by atoms with van der Waals surface area (Å²) in [6.07, 6.45) is 6.39. The van der Waals surface area contributed by atoms with Gasteiger partial charge in [-0.1, -0.05) is 20.8 Å². The lowest BCUT2D eigenvalue weighted by Crippen LogP contribution is -2.36. The van der Waals surface area contributed by atoms with E-state index in [-0.39, 0.29) is 10.8 Å². The molecule has 0 aliphatic heterocycles. The van der Waals surface area contributed by atoms with Crippen LogP contribution in [0.1, 0.15) is 57.9 Å². The molecule has 1 saturated carbocycles. The van der Waals surface area contributed by atoms with E-state index in [9.17, 15) is 8.42 Å². The van der Waals surface area contributed by atoms with Crippen LogP contribution in [0.2, 0.25) is 0 Å². The minimum Gasteiger partial charge on any atom is -0.367 e. The summed E-state index contributed by atoms with van der Waals surface area (Å²) < 4.78 is 27.8. The van der Waals surface area contributed by atoms with Gasteiger partial charge < -0.3 is 16.0 Å². The van der Waals surface area contributed by atoms with Crippen LogP contribution in [0.3, 0.4) is 0 Å². The zero-order chi connectivity index (χ0) is 25.2. The van der Waals surface area contributed by atoms with E-state index in [1.54, 1.807) is 24.3 Å². The second kappa shape index (κ2) is 10.5. The highest BCUT2D eigenvalue weighted by Crippen LogP contribution is 2.28. The van der Waals surface area contributed by atoms with Crippen molar-refractivity contribution >= 4 is 33.0 Å². The van der Waals surface area contributed by atoms with E-state index in [2.05, 4.69) is 41.8 Å². The minimum atomic E-state index is -3.47. The Morgan fingerprint density at radius 2 is 1.74 bits per heavy atom. The fraction of sp³-hybridized carbons (Fsp3) is 0.520. The molecule has 0 spiro atoms. The molecule has 3 aromatic rings. The predicted molar refractivity (Wildman–Crippen MR) is 141 cm³/mol. The van der Waals surface area contributed by atoms with Gasteiger partial charge in [0.15, 0.2) is 5.65 Å². The summed E-state index contributed by atoms with van der Waals surface area (Å²) >= 11 is 0. The molecule has 190 valence electrons. The van der Waals surface area contributed by atoms with Gasteiger partial charge in [0.25, 0.3) is 0 Å². The number of aromatic nitrogens is 3. The van der Waals surface area contributed by atoms with Crippen molar-refractivity contribution in [2.24, 2.45) is 0 Å². The van der Waals surface area contributed by atoms with E-state index < -0.39 is 10.0 Å². The third-order valence-corrected chi connectivity index (χ3v) is 8.43. The maximum Gasteiger partial charge on any atom is 0.242 e. The Balaban J connectivity index is 1.61. The van der Waals surface area contributed by atoms with Gasteiger partial charge in [0, 0.05) is 43.5 Å². The topological polar surface area (TPSA) is 104 Å². The van der Waals surface area contributed by atoms with Crippen molar-refractivity contribution in [3.8, 4) is 0 Å². The SMILES string of the molecule is CCNC1CCC(Nc2cc(Nc3ccc(S(=O)(=O)N(C)C)cc3)n3ncc(C(C)C)c3n2)CC1. The number of nitrogens with one attached hydrogen (secondary N) is 3. The molecular formula is C25H37N7O2S. The fourth-order valence-electron chi connectivity index (χ4n) is 4.56. The maximum atomic E-state index is 12.4. The second-order valence-corrected chi connectivity index (χ2v) is 11.9. The average Bonchev–Trinajstić information content (AvgIpc) is 3.25. The van der Waals surface area contributed by atoms with E-state index in [1.165, 1.54) is 18.4 Å². The van der Waals surface area contributed by atoms with Crippen LogP contribution in [-0.4, -0.2) is 60.0 Å². The van der Waals surface area contributed by atoms with Gasteiger partial charge in [0.05, 0.1) is 11.1 Å². The van der Waals surface area contributed by atoms with Gasteiger partial charge in [0.1, 0.15) is 11.6 Å². The van der Waals surface area contributed by atoms with Crippen molar-refractivity contribution in [1.82, 2.24) is 24.2 Å². The van der Waals surface area contributed by atoms with Crippen LogP contribution in [0.4, 0.5) is 17.3 Å². The van der Waals surface area contributed by atoms with E-state index in [1.807, 2.05) is 16.8 Å². The van der Waals surface area contributed by atoms with Gasteiger partial charge in [-0.15, -0.1) is 0 Å². The normalized spacial score (nSPS) is 18.9. The maximum absolute atomic E-state index is 12.4. The van der Waals surface area contributed by atoms with Gasteiger partial charge >= 0.3 is 0 Å². The Labute approximate surface area is 208 Å². The van der Waals surface area contributed by atoms with Crippen LogP contribution in [0.5, 0.6) is 0 Å². The number of hydrogen-bond acceptors (Lipinski definition) is 7. The van der Waals surface area contributed by atoms with Crippen molar-refractivity contribution in [3.05, 3.63) is 42.1 Å². The van der Waals surface area contributed by atoms with Crippen LogP contribution < -0.4 is 16.0 Å². The predicted octanol–water partition coefficient (Wildman–Crippen LogP) is 4.18. The Hall–Kier alpha value is -2.69. The van der Waals surface area contributed by atoms with E-state index in [0.29, 0.717) is 12.1 Å². The summed E-state index contributed by atoms with van der Waals surface area (Å²) in [4.78, 5) is 5.18. The smallest absolute Gasteiger partial charge is 0.242 e. The highest BCUT2D eigenvalue weighted by atomic mass is 32.2. The Morgan fingerprint density at radius 1 is 1.09 bits per heavy atom. The first-order valence-electron chi connectivity index (χ1n) is 12.4. The molecule has 0 amide bonds. The van der Waals surface area contributed by atoms with Crippen LogP contribution in [0.15, 0.2) is 41.4 Å². The highest BCUT2D eigenvalue weighted by Gasteiger charge is 2.22. The molecule has 0 unspecified atom stereocenters. The molecule has 10 heteroatoms. The molecule has 4 rings (SSSR count). The first-order chi connectivity index (χ1) is 16.7. The Kier molecular flexibility index (Phi) is 7.63. The lowest BCUT2D eigenvalue weighted by Gasteiger charge is -2.30. The number of benzene rings is 1. The molecule has 2 aromatic heterocycles. The van der Waals surface area contributed by atoms with Crippen LogP contribution in [0, 0.1) is 0 Å². The molecule has 1 aliphatic rings. The lowest BCUT2D eigenvalue weighted by molar-refractivity contribution is 0.359. The van der Waals surface area contributed by atoms with Crippen LogP contribution in [0.25, 0.3) is 5.65 Å². The van der Waals surface area contributed by atoms with Gasteiger partial charge in [-0.25, -0.2) is 17.7 Å². The molecule has 1 aliphatic carbocycles. The first kappa shape index (κ1) is 25.4. The third kappa shape index (κ3) is 5.60. The van der Waals surface area contributed by atoms with Crippen LogP contribution >= 0.6 is 0 Å². The summed E-state index contributed by atoms with van der Waals surface area (Å²) in [6, 6.07) is 9.72. The van der Waals surface area contributed by atoms with Crippen molar-refractivity contribution in [2.75, 3.05) is 31.3 Å². The molecule has 1 aromatic carbocycles. The molecule has 1 fully saturated rings. The van der Waals surface area contributed by atoms with E-state index in [4.69, 9.17) is 4.98 Å². The summed E-state index contributed by atoms with van der Waals surface area (Å²) in [5.74, 6) is 1.88. The fourth-order valence-corrected chi connectivity index (χ4v) is 5.46. The molecule has 0 radical (unpaired) electrons. The number of rotatable bonds is 9. The molecule has 0 atom stereocenters. The molecule has 3 N–H and O–H groups in total. The summed E-state index contributed by atoms with van der Waals surface area (Å²) in [6.45, 7) is 7.44. The van der Waals surface area contributed by atoms with Gasteiger partial charge in [-0.2, -0.15) is 9.61 Å². The molecule has 35 heavy (non-hydrogen) atoms. The molecule has 2 heterocycles. The van der Waals surface area contributed by atoms with Gasteiger partial charge in [-0.3, -0.25) is 0 Å². The van der Waals surface area contributed by atoms with E-state index in [0.717, 1.165) is 60.8 Å². The average molecular weight is 500 g/mol. The van der Waals surface area contributed by atoms with Crippen molar-refractivity contribution in [1.29, 1.82) is 0 Å². The zero-order valence-corrected chi connectivity index (χ0v) is 22.1. The van der Waals surface area contributed by atoms with Crippen molar-refractivity contribution in [3.63, 3.8) is 0 Å². The monoisotopic (exact) mass is 499 g/mol. The zero-order valence-electron chi connectivity index (χ0n) is 21.2. The van der Waals surface area contributed by atoms with Gasteiger partial charge in [0.2, 0.25) is 10.0 Å². The molecular weight excluding hydrogens is 462 g/mol. The number of nitrogens with zero attached hydrogens (tertiary/aromatic N) is 4. The first-order valence-corrected chi connectivity index (χ1v) is 13.8.